The van der Waals surface area contributed by atoms with Crippen LogP contribution in [0.15, 0.2) is 0 Å². The van der Waals surface area contributed by atoms with Crippen molar-refractivity contribution in [2.45, 2.75) is 58.3 Å². The number of hydrogen-bond acceptors (Lipinski definition) is 2. The molecule has 2 amide bonds. The second-order valence-corrected chi connectivity index (χ2v) is 5.03. The monoisotopic (exact) mass is 254 g/mol. The van der Waals surface area contributed by atoms with Crippen molar-refractivity contribution in [2.24, 2.45) is 0 Å². The molecule has 0 aliphatic carbocycles. The molecule has 1 aliphatic heterocycles. The van der Waals surface area contributed by atoms with Crippen molar-refractivity contribution in [2.75, 3.05) is 19.6 Å². The second kappa shape index (κ2) is 8.95. The molecule has 0 spiro atoms. The van der Waals surface area contributed by atoms with Crippen molar-refractivity contribution in [3.8, 4) is 0 Å². The summed E-state index contributed by atoms with van der Waals surface area (Å²) < 4.78 is 0. The van der Waals surface area contributed by atoms with E-state index in [0.29, 0.717) is 6.42 Å². The average molecular weight is 254 g/mol. The first-order valence-corrected chi connectivity index (χ1v) is 7.28. The van der Waals surface area contributed by atoms with E-state index in [9.17, 15) is 9.59 Å². The molecule has 1 N–H and O–H groups in total. The maximum absolute atomic E-state index is 11.7. The van der Waals surface area contributed by atoms with Gasteiger partial charge in [-0.25, -0.2) is 0 Å². The lowest BCUT2D eigenvalue weighted by Gasteiger charge is -2.15. The Morgan fingerprint density at radius 1 is 1.06 bits per heavy atom. The Kier molecular flexibility index (Phi) is 7.46. The second-order valence-electron chi connectivity index (χ2n) is 5.03. The fraction of sp³-hybridized carbons (Fsp3) is 0.857. The zero-order valence-corrected chi connectivity index (χ0v) is 11.5. The summed E-state index contributed by atoms with van der Waals surface area (Å²) in [5, 5.41) is 2.72. The van der Waals surface area contributed by atoms with Crippen molar-refractivity contribution in [1.29, 1.82) is 0 Å². The van der Waals surface area contributed by atoms with Gasteiger partial charge in [-0.05, 0) is 19.3 Å². The number of amides is 2. The Morgan fingerprint density at radius 2 is 1.72 bits per heavy atom. The zero-order valence-electron chi connectivity index (χ0n) is 11.5. The van der Waals surface area contributed by atoms with Crippen LogP contribution in [0, 0.1) is 0 Å². The minimum Gasteiger partial charge on any atom is -0.347 e. The predicted octanol–water partition coefficient (Wildman–Crippen LogP) is 2.09. The normalized spacial score (nSPS) is 14.8. The summed E-state index contributed by atoms with van der Waals surface area (Å²) in [5.74, 6) is 0.0749. The first kappa shape index (κ1) is 15.0. The van der Waals surface area contributed by atoms with Crippen molar-refractivity contribution in [3.63, 3.8) is 0 Å². The molecule has 0 saturated carbocycles. The Labute approximate surface area is 110 Å². The van der Waals surface area contributed by atoms with Gasteiger partial charge >= 0.3 is 0 Å². The molecule has 1 saturated heterocycles. The third-order valence-electron chi connectivity index (χ3n) is 3.40. The minimum absolute atomic E-state index is 0.0130. The smallest absolute Gasteiger partial charge is 0.241 e. The van der Waals surface area contributed by atoms with Crippen LogP contribution in [-0.4, -0.2) is 36.3 Å². The largest absolute Gasteiger partial charge is 0.347 e. The standard InChI is InChI=1S/C14H26N2O2/c1-2-3-4-5-6-9-13(17)15-12-14(18)16-10-7-8-11-16/h2-12H2,1H3,(H,15,17). The Balaban J connectivity index is 2.00. The highest BCUT2D eigenvalue weighted by Gasteiger charge is 2.17. The van der Waals surface area contributed by atoms with E-state index in [4.69, 9.17) is 0 Å². The number of nitrogens with zero attached hydrogens (tertiary/aromatic N) is 1. The van der Waals surface area contributed by atoms with Crippen LogP contribution in [0.2, 0.25) is 0 Å². The van der Waals surface area contributed by atoms with E-state index in [1.165, 1.54) is 19.3 Å². The van der Waals surface area contributed by atoms with Crippen LogP contribution >= 0.6 is 0 Å². The number of carbonyl (C=O) groups is 2. The van der Waals surface area contributed by atoms with E-state index < -0.39 is 0 Å². The quantitative estimate of drug-likeness (QED) is 0.674. The lowest BCUT2D eigenvalue weighted by molar-refractivity contribution is -0.132. The van der Waals surface area contributed by atoms with Crippen LogP contribution in [0.5, 0.6) is 0 Å². The number of nitrogens with one attached hydrogen (secondary N) is 1. The highest BCUT2D eigenvalue weighted by atomic mass is 16.2. The Hall–Kier alpha value is -1.06. The van der Waals surface area contributed by atoms with Crippen molar-refractivity contribution >= 4 is 11.8 Å². The number of unbranched alkanes of at least 4 members (excludes halogenated alkanes) is 4. The summed E-state index contributed by atoms with van der Waals surface area (Å²) in [6, 6.07) is 0. The van der Waals surface area contributed by atoms with E-state index in [0.717, 1.165) is 38.8 Å². The highest BCUT2D eigenvalue weighted by Crippen LogP contribution is 2.07. The van der Waals surface area contributed by atoms with Crippen LogP contribution in [0.4, 0.5) is 0 Å². The van der Waals surface area contributed by atoms with Crippen LogP contribution < -0.4 is 5.32 Å². The van der Waals surface area contributed by atoms with Crippen LogP contribution in [-0.2, 0) is 9.59 Å². The molecule has 0 aromatic rings. The van der Waals surface area contributed by atoms with Crippen LogP contribution in [0.3, 0.4) is 0 Å². The molecule has 104 valence electrons. The van der Waals surface area contributed by atoms with E-state index in [1.807, 2.05) is 4.90 Å². The molecule has 1 rings (SSSR count). The number of hydrogen-bond donors (Lipinski definition) is 1. The summed E-state index contributed by atoms with van der Waals surface area (Å²) in [5.41, 5.74) is 0. The molecule has 18 heavy (non-hydrogen) atoms. The molecule has 0 aromatic heterocycles. The third kappa shape index (κ3) is 6.03. The number of likely N-dealkylation sites (tertiary alicyclic amines) is 1. The van der Waals surface area contributed by atoms with Gasteiger partial charge in [-0.15, -0.1) is 0 Å². The van der Waals surface area contributed by atoms with E-state index in [1.54, 1.807) is 0 Å². The summed E-state index contributed by atoms with van der Waals surface area (Å²) >= 11 is 0. The SMILES string of the molecule is CCCCCCCC(=O)NCC(=O)N1CCCC1. The van der Waals surface area contributed by atoms with Gasteiger partial charge in [-0.1, -0.05) is 32.6 Å². The molecule has 1 fully saturated rings. The van der Waals surface area contributed by atoms with Gasteiger partial charge in [0.2, 0.25) is 11.8 Å². The molecule has 0 aromatic carbocycles. The van der Waals surface area contributed by atoms with Gasteiger partial charge in [0.15, 0.2) is 0 Å². The van der Waals surface area contributed by atoms with E-state index in [2.05, 4.69) is 12.2 Å². The van der Waals surface area contributed by atoms with Gasteiger partial charge in [0.25, 0.3) is 0 Å². The summed E-state index contributed by atoms with van der Waals surface area (Å²) in [6.07, 6.45) is 8.46. The number of carbonyl (C=O) groups excluding carboxylic acids is 2. The third-order valence-corrected chi connectivity index (χ3v) is 3.40. The topological polar surface area (TPSA) is 49.4 Å². The maximum atomic E-state index is 11.7. The molecule has 0 bridgehead atoms. The molecule has 1 aliphatic rings. The van der Waals surface area contributed by atoms with Gasteiger partial charge in [-0.2, -0.15) is 0 Å². The zero-order chi connectivity index (χ0) is 13.2. The van der Waals surface area contributed by atoms with Crippen molar-refractivity contribution < 1.29 is 9.59 Å². The Bertz CT molecular complexity index is 261. The molecule has 1 heterocycles. The fourth-order valence-electron chi connectivity index (χ4n) is 2.23. The fourth-order valence-corrected chi connectivity index (χ4v) is 2.23. The molecule has 0 unspecified atom stereocenters. The van der Waals surface area contributed by atoms with Crippen molar-refractivity contribution in [3.05, 3.63) is 0 Å². The summed E-state index contributed by atoms with van der Waals surface area (Å²) in [6.45, 7) is 4.06. The van der Waals surface area contributed by atoms with Gasteiger partial charge in [-0.3, -0.25) is 9.59 Å². The molecular weight excluding hydrogens is 228 g/mol. The molecule has 4 heteroatoms. The molecule has 4 nitrogen and oxygen atoms in total. The maximum Gasteiger partial charge on any atom is 0.241 e. The van der Waals surface area contributed by atoms with E-state index in [-0.39, 0.29) is 18.4 Å². The van der Waals surface area contributed by atoms with Crippen LogP contribution in [0.1, 0.15) is 58.3 Å². The summed E-state index contributed by atoms with van der Waals surface area (Å²) in [7, 11) is 0. The lowest BCUT2D eigenvalue weighted by atomic mass is 10.1. The summed E-state index contributed by atoms with van der Waals surface area (Å²) in [4.78, 5) is 25.0. The van der Waals surface area contributed by atoms with Gasteiger partial charge < -0.3 is 10.2 Å². The van der Waals surface area contributed by atoms with Gasteiger partial charge in [0.05, 0.1) is 6.54 Å². The molecule has 0 atom stereocenters. The van der Waals surface area contributed by atoms with Crippen molar-refractivity contribution in [1.82, 2.24) is 10.2 Å². The van der Waals surface area contributed by atoms with Gasteiger partial charge in [0.1, 0.15) is 0 Å². The minimum atomic E-state index is 0.0130. The number of rotatable bonds is 8. The first-order chi connectivity index (χ1) is 8.74. The Morgan fingerprint density at radius 3 is 2.39 bits per heavy atom. The van der Waals surface area contributed by atoms with E-state index >= 15 is 0 Å². The average Bonchev–Trinajstić information content (AvgIpc) is 2.89. The molecule has 0 radical (unpaired) electrons. The first-order valence-electron chi connectivity index (χ1n) is 7.28. The molecular formula is C14H26N2O2. The highest BCUT2D eigenvalue weighted by molar-refractivity contribution is 5.84. The predicted molar refractivity (Wildman–Crippen MR) is 72.2 cm³/mol. The van der Waals surface area contributed by atoms with Gasteiger partial charge in [0, 0.05) is 19.5 Å². The lowest BCUT2D eigenvalue weighted by Crippen LogP contribution is -2.38. The van der Waals surface area contributed by atoms with Crippen LogP contribution in [0.25, 0.3) is 0 Å².